The summed E-state index contributed by atoms with van der Waals surface area (Å²) in [6.45, 7) is 2.44. The van der Waals surface area contributed by atoms with E-state index in [2.05, 4.69) is 8.55 Å². The summed E-state index contributed by atoms with van der Waals surface area (Å²) in [5, 5.41) is 0. The van der Waals surface area contributed by atoms with Crippen LogP contribution in [0.1, 0.15) is 0 Å². The van der Waals surface area contributed by atoms with Gasteiger partial charge >= 0.3 is 37.5 Å². The van der Waals surface area contributed by atoms with Crippen molar-refractivity contribution >= 4 is 15.9 Å². The Morgan fingerprint density at radius 2 is 1.80 bits per heavy atom. The summed E-state index contributed by atoms with van der Waals surface area (Å²) in [6.07, 6.45) is 0. The third-order valence-electron chi connectivity index (χ3n) is 0.729. The van der Waals surface area contributed by atoms with Crippen molar-refractivity contribution < 1.29 is 0 Å². The van der Waals surface area contributed by atoms with Gasteiger partial charge in [0.2, 0.25) is 0 Å². The maximum atomic E-state index is 3.30. The topological polar surface area (TPSA) is 24.1 Å². The molecule has 0 radical (unpaired) electrons. The van der Waals surface area contributed by atoms with Gasteiger partial charge in [-0.3, -0.25) is 0 Å². The Bertz CT molecular complexity index is 19.2. The molecule has 0 saturated carbocycles. The molecule has 2 N–H and O–H groups in total. The summed E-state index contributed by atoms with van der Waals surface area (Å²) in [4.78, 5) is 0. The Labute approximate surface area is 38.2 Å². The van der Waals surface area contributed by atoms with Gasteiger partial charge in [0, 0.05) is 0 Å². The molecule has 1 aliphatic heterocycles. The molecule has 1 saturated heterocycles. The van der Waals surface area contributed by atoms with E-state index < -0.39 is 0 Å². The zero-order chi connectivity index (χ0) is 3.54. The van der Waals surface area contributed by atoms with E-state index >= 15 is 0 Å². The molecule has 0 unspecified atom stereocenters. The van der Waals surface area contributed by atoms with Crippen molar-refractivity contribution in [3.8, 4) is 0 Å². The fourth-order valence-electron chi connectivity index (χ4n) is 0.442. The second-order valence-corrected chi connectivity index (χ2v) is 4.02. The van der Waals surface area contributed by atoms with E-state index in [4.69, 9.17) is 0 Å². The van der Waals surface area contributed by atoms with Gasteiger partial charge in [0.1, 0.15) is 0 Å². The van der Waals surface area contributed by atoms with Crippen LogP contribution in [0.2, 0.25) is 0 Å². The van der Waals surface area contributed by atoms with E-state index in [0.717, 1.165) is 0 Å². The molecular formula is C2H8GeN2. The van der Waals surface area contributed by atoms with Crippen molar-refractivity contribution in [1.82, 2.24) is 8.55 Å². The Kier molecular flexibility index (Phi) is 1.31. The van der Waals surface area contributed by atoms with Crippen molar-refractivity contribution in [2.24, 2.45) is 0 Å². The van der Waals surface area contributed by atoms with E-state index in [-0.39, 0.29) is 15.9 Å². The summed E-state index contributed by atoms with van der Waals surface area (Å²) < 4.78 is 6.60. The van der Waals surface area contributed by atoms with Crippen molar-refractivity contribution in [3.05, 3.63) is 0 Å². The molecule has 2 nitrogen and oxygen atoms in total. The van der Waals surface area contributed by atoms with Gasteiger partial charge < -0.3 is 0 Å². The standard InChI is InChI=1S/C2H8GeN2/c1-2-5-3-4-1/h4-5H,1-3H2. The minimum absolute atomic E-state index is 0.292. The first-order valence-corrected chi connectivity index (χ1v) is 4.88. The molecule has 1 rings (SSSR count). The van der Waals surface area contributed by atoms with Crippen molar-refractivity contribution in [1.29, 1.82) is 0 Å². The van der Waals surface area contributed by atoms with E-state index in [1.165, 1.54) is 13.1 Å². The first kappa shape index (κ1) is 3.65. The maximum absolute atomic E-state index is 3.30. The molecule has 0 atom stereocenters. The molecule has 0 spiro atoms. The van der Waals surface area contributed by atoms with Crippen LogP contribution < -0.4 is 8.55 Å². The van der Waals surface area contributed by atoms with Crippen LogP contribution in [0.5, 0.6) is 0 Å². The summed E-state index contributed by atoms with van der Waals surface area (Å²) in [7, 11) is 0. The molecule has 1 aliphatic rings. The van der Waals surface area contributed by atoms with E-state index in [0.29, 0.717) is 0 Å². The molecule has 1 heterocycles. The SMILES string of the molecule is C1C[NH][GeH2][NH]1. The number of hydrogen-bond acceptors (Lipinski definition) is 2. The number of rotatable bonds is 0. The Morgan fingerprint density at radius 3 is 2.00 bits per heavy atom. The number of hydrogen-bond donors (Lipinski definition) is 2. The molecule has 0 amide bonds. The van der Waals surface area contributed by atoms with Gasteiger partial charge in [-0.15, -0.1) is 0 Å². The second kappa shape index (κ2) is 1.79. The molecular weight excluding hydrogens is 125 g/mol. The second-order valence-electron chi connectivity index (χ2n) is 1.18. The van der Waals surface area contributed by atoms with Gasteiger partial charge in [-0.1, -0.05) is 0 Å². The first-order chi connectivity index (χ1) is 2.50. The number of nitrogens with one attached hydrogen (secondary N) is 2. The minimum atomic E-state index is -0.292. The summed E-state index contributed by atoms with van der Waals surface area (Å²) >= 11 is -0.292. The van der Waals surface area contributed by atoms with Gasteiger partial charge in [-0.05, 0) is 0 Å². The van der Waals surface area contributed by atoms with Crippen molar-refractivity contribution in [2.75, 3.05) is 13.1 Å². The average Bonchev–Trinajstić information content (AvgIpc) is 1.76. The predicted octanol–water partition coefficient (Wildman–Crippen LogP) is -1.82. The van der Waals surface area contributed by atoms with E-state index in [9.17, 15) is 0 Å². The fourth-order valence-corrected chi connectivity index (χ4v) is 2.30. The summed E-state index contributed by atoms with van der Waals surface area (Å²) in [6, 6.07) is 0. The average molecular weight is 133 g/mol. The van der Waals surface area contributed by atoms with Crippen LogP contribution in [0.25, 0.3) is 0 Å². The van der Waals surface area contributed by atoms with Gasteiger partial charge in [0.25, 0.3) is 0 Å². The van der Waals surface area contributed by atoms with Crippen LogP contribution in [0.4, 0.5) is 0 Å². The molecule has 0 aromatic rings. The predicted molar refractivity (Wildman–Crippen MR) is 24.5 cm³/mol. The molecule has 0 aromatic heterocycles. The molecule has 3 heteroatoms. The Balaban J connectivity index is 2.08. The van der Waals surface area contributed by atoms with Gasteiger partial charge in [0.15, 0.2) is 0 Å². The molecule has 0 bridgehead atoms. The first-order valence-electron chi connectivity index (χ1n) is 1.91. The monoisotopic (exact) mass is 134 g/mol. The fraction of sp³-hybridized carbons (Fsp3) is 1.00. The summed E-state index contributed by atoms with van der Waals surface area (Å²) in [5.74, 6) is 0. The van der Waals surface area contributed by atoms with Crippen LogP contribution in [-0.2, 0) is 0 Å². The van der Waals surface area contributed by atoms with Crippen molar-refractivity contribution in [3.63, 3.8) is 0 Å². The van der Waals surface area contributed by atoms with Crippen LogP contribution in [-0.4, -0.2) is 29.0 Å². The van der Waals surface area contributed by atoms with E-state index in [1.54, 1.807) is 0 Å². The van der Waals surface area contributed by atoms with Crippen LogP contribution >= 0.6 is 0 Å². The molecule has 30 valence electrons. The molecule has 5 heavy (non-hydrogen) atoms. The summed E-state index contributed by atoms with van der Waals surface area (Å²) in [5.41, 5.74) is 0. The molecule has 1 fully saturated rings. The van der Waals surface area contributed by atoms with Gasteiger partial charge in [-0.25, -0.2) is 0 Å². The zero-order valence-electron chi connectivity index (χ0n) is 3.12. The van der Waals surface area contributed by atoms with E-state index in [1.807, 2.05) is 0 Å². The Morgan fingerprint density at radius 1 is 1.20 bits per heavy atom. The third kappa shape index (κ3) is 0.907. The van der Waals surface area contributed by atoms with Crippen LogP contribution in [0.15, 0.2) is 0 Å². The molecule has 0 aliphatic carbocycles. The zero-order valence-corrected chi connectivity index (χ0v) is 6.09. The quantitative estimate of drug-likeness (QED) is 0.380. The van der Waals surface area contributed by atoms with Gasteiger partial charge in [-0.2, -0.15) is 0 Å². The van der Waals surface area contributed by atoms with Gasteiger partial charge in [0.05, 0.1) is 0 Å². The van der Waals surface area contributed by atoms with Crippen molar-refractivity contribution in [2.45, 2.75) is 0 Å². The third-order valence-corrected chi connectivity index (χ3v) is 3.26. The molecule has 0 aromatic carbocycles. The van der Waals surface area contributed by atoms with Crippen LogP contribution in [0.3, 0.4) is 0 Å². The normalized spacial score (nSPS) is 24.0. The Hall–Kier alpha value is 0.463. The van der Waals surface area contributed by atoms with Crippen LogP contribution in [0, 0.1) is 0 Å².